The molecule has 0 aliphatic carbocycles. The molecule has 3 N–H and O–H groups in total. The number of carbonyl (C=O) groups is 1. The van der Waals surface area contributed by atoms with Crippen molar-refractivity contribution in [1.82, 2.24) is 10.6 Å². The number of hydrogen-bond donors (Lipinski definition) is 3. The van der Waals surface area contributed by atoms with Gasteiger partial charge in [0.25, 0.3) is 0 Å². The lowest BCUT2D eigenvalue weighted by molar-refractivity contribution is 0.145. The third-order valence-electron chi connectivity index (χ3n) is 3.11. The van der Waals surface area contributed by atoms with Crippen molar-refractivity contribution in [2.75, 3.05) is 38.7 Å². The lowest BCUT2D eigenvalue weighted by atomic mass is 10.2. The normalized spacial score (nSPS) is 11.0. The third-order valence-corrected chi connectivity index (χ3v) is 3.11. The summed E-state index contributed by atoms with van der Waals surface area (Å²) in [7, 11) is 1.34. The van der Waals surface area contributed by atoms with E-state index in [-0.39, 0.29) is 0 Å². The van der Waals surface area contributed by atoms with Crippen LogP contribution in [0.15, 0.2) is 29.3 Å². The number of amides is 1. The molecule has 1 rings (SSSR count). The first-order chi connectivity index (χ1) is 11.7. The van der Waals surface area contributed by atoms with Gasteiger partial charge in [0.05, 0.1) is 13.7 Å². The highest BCUT2D eigenvalue weighted by molar-refractivity contribution is 5.84. The minimum absolute atomic E-state index is 0.480. The van der Waals surface area contributed by atoms with Gasteiger partial charge in [-0.2, -0.15) is 0 Å². The quantitative estimate of drug-likeness (QED) is 0.366. The highest BCUT2D eigenvalue weighted by Crippen LogP contribution is 2.10. The van der Waals surface area contributed by atoms with Crippen molar-refractivity contribution in [3.8, 4) is 0 Å². The second-order valence-corrected chi connectivity index (χ2v) is 4.99. The van der Waals surface area contributed by atoms with Crippen LogP contribution in [0.2, 0.25) is 0 Å². The van der Waals surface area contributed by atoms with Crippen LogP contribution in [0.3, 0.4) is 0 Å². The minimum Gasteiger partial charge on any atom is -0.453 e. The maximum Gasteiger partial charge on any atom is 0.411 e. The van der Waals surface area contributed by atoms with Crippen molar-refractivity contribution >= 4 is 17.7 Å². The van der Waals surface area contributed by atoms with Gasteiger partial charge in [-0.25, -0.2) is 9.79 Å². The highest BCUT2D eigenvalue weighted by Gasteiger charge is 2.01. The molecule has 0 aromatic heterocycles. The number of aliphatic imine (C=N–C) groups is 1. The zero-order chi connectivity index (χ0) is 17.6. The number of nitrogens with zero attached hydrogens (tertiary/aromatic N) is 1. The molecule has 1 amide bonds. The summed E-state index contributed by atoms with van der Waals surface area (Å²) in [5, 5.41) is 9.11. The Bertz CT molecular complexity index is 503. The van der Waals surface area contributed by atoms with E-state index in [1.807, 2.05) is 38.1 Å². The summed E-state index contributed by atoms with van der Waals surface area (Å²) in [6.07, 6.45) is 0.457. The van der Waals surface area contributed by atoms with Crippen LogP contribution in [0.1, 0.15) is 25.8 Å². The molecule has 7 nitrogen and oxygen atoms in total. The second-order valence-electron chi connectivity index (χ2n) is 4.99. The first-order valence-corrected chi connectivity index (χ1v) is 8.23. The molecule has 0 unspecified atom stereocenters. The van der Waals surface area contributed by atoms with Crippen LogP contribution in [0.5, 0.6) is 0 Å². The number of methoxy groups -OCH3 is 1. The molecule has 0 aliphatic heterocycles. The summed E-state index contributed by atoms with van der Waals surface area (Å²) in [6.45, 7) is 7.69. The topological polar surface area (TPSA) is 84.0 Å². The second kappa shape index (κ2) is 12.2. The molecule has 0 aliphatic rings. The zero-order valence-corrected chi connectivity index (χ0v) is 14.7. The zero-order valence-electron chi connectivity index (χ0n) is 14.7. The summed E-state index contributed by atoms with van der Waals surface area (Å²) in [6, 6.07) is 7.50. The predicted molar refractivity (Wildman–Crippen MR) is 96.4 cm³/mol. The largest absolute Gasteiger partial charge is 0.453 e. The van der Waals surface area contributed by atoms with E-state index in [0.717, 1.165) is 44.2 Å². The Labute approximate surface area is 143 Å². The van der Waals surface area contributed by atoms with Crippen LogP contribution >= 0.6 is 0 Å². The molecule has 0 atom stereocenters. The van der Waals surface area contributed by atoms with Gasteiger partial charge in [0, 0.05) is 32.0 Å². The van der Waals surface area contributed by atoms with Crippen molar-refractivity contribution in [1.29, 1.82) is 0 Å². The number of anilines is 1. The predicted octanol–water partition coefficient (Wildman–Crippen LogP) is 2.35. The first-order valence-electron chi connectivity index (χ1n) is 8.23. The highest BCUT2D eigenvalue weighted by atomic mass is 16.5. The molecule has 24 heavy (non-hydrogen) atoms. The maximum absolute atomic E-state index is 11.1. The summed E-state index contributed by atoms with van der Waals surface area (Å²) in [5.41, 5.74) is 1.74. The molecule has 1 aromatic rings. The van der Waals surface area contributed by atoms with Crippen LogP contribution in [0.4, 0.5) is 10.5 Å². The Balaban J connectivity index is 2.48. The number of ether oxygens (including phenoxy) is 2. The minimum atomic E-state index is -0.480. The van der Waals surface area contributed by atoms with Gasteiger partial charge < -0.3 is 20.1 Å². The van der Waals surface area contributed by atoms with Crippen LogP contribution in [0, 0.1) is 0 Å². The van der Waals surface area contributed by atoms with E-state index in [1.165, 1.54) is 7.11 Å². The molecule has 0 bridgehead atoms. The SMILES string of the molecule is CCNC(=NCc1ccc(NC(=O)OC)cc1)NCCCOCC. The Kier molecular flexibility index (Phi) is 10.0. The van der Waals surface area contributed by atoms with Gasteiger partial charge in [-0.1, -0.05) is 12.1 Å². The summed E-state index contributed by atoms with van der Waals surface area (Å²) in [4.78, 5) is 15.7. The maximum atomic E-state index is 11.1. The van der Waals surface area contributed by atoms with Crippen LogP contribution < -0.4 is 16.0 Å². The third kappa shape index (κ3) is 8.38. The van der Waals surface area contributed by atoms with Crippen LogP contribution in [-0.4, -0.2) is 45.5 Å². The lowest BCUT2D eigenvalue weighted by Crippen LogP contribution is -2.38. The number of hydrogen-bond acceptors (Lipinski definition) is 4. The number of carbonyl (C=O) groups excluding carboxylic acids is 1. The van der Waals surface area contributed by atoms with Crippen molar-refractivity contribution < 1.29 is 14.3 Å². The van der Waals surface area contributed by atoms with Crippen molar-refractivity contribution in [3.63, 3.8) is 0 Å². The number of nitrogens with one attached hydrogen (secondary N) is 3. The van der Waals surface area contributed by atoms with Gasteiger partial charge in [-0.05, 0) is 38.0 Å². The molecular weight excluding hydrogens is 308 g/mol. The van der Waals surface area contributed by atoms with E-state index in [1.54, 1.807) is 0 Å². The van der Waals surface area contributed by atoms with E-state index in [0.29, 0.717) is 12.2 Å². The fraction of sp³-hybridized carbons (Fsp3) is 0.529. The standard InChI is InChI=1S/C17H28N4O3/c1-4-18-16(19-11-6-12-24-5-2)20-13-14-7-9-15(10-8-14)21-17(22)23-3/h7-10H,4-6,11-13H2,1-3H3,(H,21,22)(H2,18,19,20). The molecule has 0 heterocycles. The van der Waals surface area contributed by atoms with Gasteiger partial charge >= 0.3 is 6.09 Å². The van der Waals surface area contributed by atoms with E-state index in [4.69, 9.17) is 4.74 Å². The Morgan fingerprint density at radius 1 is 1.17 bits per heavy atom. The monoisotopic (exact) mass is 336 g/mol. The van der Waals surface area contributed by atoms with Crippen LogP contribution in [0.25, 0.3) is 0 Å². The van der Waals surface area contributed by atoms with Crippen molar-refractivity contribution in [2.24, 2.45) is 4.99 Å². The summed E-state index contributed by atoms with van der Waals surface area (Å²) in [5.74, 6) is 0.783. The molecule has 1 aromatic carbocycles. The Hall–Kier alpha value is -2.28. The Morgan fingerprint density at radius 2 is 1.92 bits per heavy atom. The van der Waals surface area contributed by atoms with E-state index >= 15 is 0 Å². The molecule has 0 saturated heterocycles. The molecule has 7 heteroatoms. The molecule has 0 fully saturated rings. The molecule has 0 saturated carbocycles. The Morgan fingerprint density at radius 3 is 2.54 bits per heavy atom. The smallest absolute Gasteiger partial charge is 0.411 e. The van der Waals surface area contributed by atoms with Crippen molar-refractivity contribution in [2.45, 2.75) is 26.8 Å². The number of rotatable bonds is 9. The van der Waals surface area contributed by atoms with Gasteiger partial charge in [0.15, 0.2) is 5.96 Å². The van der Waals surface area contributed by atoms with E-state index in [9.17, 15) is 4.79 Å². The first kappa shape index (κ1) is 19.8. The number of guanidine groups is 1. The average molecular weight is 336 g/mol. The van der Waals surface area contributed by atoms with Gasteiger partial charge in [0.1, 0.15) is 0 Å². The molecule has 134 valence electrons. The van der Waals surface area contributed by atoms with Gasteiger partial charge in [-0.3, -0.25) is 5.32 Å². The van der Waals surface area contributed by atoms with Crippen molar-refractivity contribution in [3.05, 3.63) is 29.8 Å². The summed E-state index contributed by atoms with van der Waals surface area (Å²) < 4.78 is 9.87. The fourth-order valence-electron chi connectivity index (χ4n) is 1.90. The van der Waals surface area contributed by atoms with Gasteiger partial charge in [-0.15, -0.1) is 0 Å². The molecular formula is C17H28N4O3. The molecule has 0 spiro atoms. The molecule has 0 radical (unpaired) electrons. The van der Waals surface area contributed by atoms with E-state index in [2.05, 4.69) is 25.7 Å². The van der Waals surface area contributed by atoms with Crippen LogP contribution in [-0.2, 0) is 16.0 Å². The number of benzene rings is 1. The summed E-state index contributed by atoms with van der Waals surface area (Å²) >= 11 is 0. The van der Waals surface area contributed by atoms with E-state index < -0.39 is 6.09 Å². The lowest BCUT2D eigenvalue weighted by Gasteiger charge is -2.11. The average Bonchev–Trinajstić information content (AvgIpc) is 2.60. The van der Waals surface area contributed by atoms with Gasteiger partial charge in [0.2, 0.25) is 0 Å². The fourth-order valence-corrected chi connectivity index (χ4v) is 1.90.